The summed E-state index contributed by atoms with van der Waals surface area (Å²) in [6, 6.07) is 0. The smallest absolute Gasteiger partial charge is 0.226 e. The number of rotatable bonds is 8. The average Bonchev–Trinajstić information content (AvgIpc) is 3.04. The van der Waals surface area contributed by atoms with Gasteiger partial charge in [-0.25, -0.2) is 4.98 Å². The van der Waals surface area contributed by atoms with E-state index in [9.17, 15) is 4.79 Å². The van der Waals surface area contributed by atoms with E-state index in [0.29, 0.717) is 6.61 Å². The fourth-order valence-electron chi connectivity index (χ4n) is 2.96. The van der Waals surface area contributed by atoms with Gasteiger partial charge in [0.05, 0.1) is 5.69 Å². The van der Waals surface area contributed by atoms with Crippen LogP contribution in [0.1, 0.15) is 37.6 Å². The van der Waals surface area contributed by atoms with Gasteiger partial charge in [0.15, 0.2) is 0 Å². The molecule has 2 rings (SSSR count). The monoisotopic (exact) mass is 462 g/mol. The van der Waals surface area contributed by atoms with E-state index in [1.807, 2.05) is 32.7 Å². The maximum atomic E-state index is 12.3. The molecule has 0 aromatic carbocycles. The number of halogens is 3. The fourth-order valence-corrected chi connectivity index (χ4v) is 3.78. The highest BCUT2D eigenvalue weighted by Gasteiger charge is 2.25. The Bertz CT molecular complexity index is 528. The summed E-state index contributed by atoms with van der Waals surface area (Å²) < 4.78 is 5.60. The van der Waals surface area contributed by atoms with Crippen LogP contribution in [0.2, 0.25) is 0 Å². The molecular formula is C17H33Cl3N4O2S. The molecule has 0 aliphatic carbocycles. The number of piperazine rings is 1. The van der Waals surface area contributed by atoms with Crippen molar-refractivity contribution in [2.75, 3.05) is 46.4 Å². The second-order valence-electron chi connectivity index (χ2n) is 6.33. The topological polar surface area (TPSA) is 57.7 Å². The van der Waals surface area contributed by atoms with Crippen LogP contribution >= 0.6 is 48.6 Å². The van der Waals surface area contributed by atoms with Crippen molar-refractivity contribution in [1.82, 2.24) is 20.1 Å². The first-order valence-corrected chi connectivity index (χ1v) is 9.64. The molecule has 1 aromatic heterocycles. The predicted octanol–water partition coefficient (Wildman–Crippen LogP) is 3.01. The summed E-state index contributed by atoms with van der Waals surface area (Å²) >= 11 is 1.67. The second kappa shape index (κ2) is 14.8. The van der Waals surface area contributed by atoms with E-state index in [1.165, 1.54) is 0 Å². The molecule has 2 unspecified atom stereocenters. The molecule has 1 saturated heterocycles. The summed E-state index contributed by atoms with van der Waals surface area (Å²) in [6.45, 7) is 11.8. The Morgan fingerprint density at radius 1 is 1.26 bits per heavy atom. The molecular weight excluding hydrogens is 431 g/mol. The van der Waals surface area contributed by atoms with Crippen LogP contribution in [0.15, 0.2) is 5.38 Å². The Balaban J connectivity index is 0. The molecule has 27 heavy (non-hydrogen) atoms. The van der Waals surface area contributed by atoms with Crippen molar-refractivity contribution in [3.8, 4) is 0 Å². The third-order valence-corrected chi connectivity index (χ3v) is 5.39. The van der Waals surface area contributed by atoms with Gasteiger partial charge >= 0.3 is 0 Å². The number of hydrogen-bond donors (Lipinski definition) is 1. The largest absolute Gasteiger partial charge is 0.372 e. The maximum Gasteiger partial charge on any atom is 0.226 e. The van der Waals surface area contributed by atoms with Gasteiger partial charge in [0.2, 0.25) is 5.91 Å². The Hall–Kier alpha value is -0.150. The fraction of sp³-hybridized carbons (Fsp3) is 0.765. The van der Waals surface area contributed by atoms with Crippen LogP contribution in [-0.4, -0.2) is 67.1 Å². The van der Waals surface area contributed by atoms with Crippen molar-refractivity contribution in [2.45, 2.75) is 33.4 Å². The zero-order chi connectivity index (χ0) is 17.5. The van der Waals surface area contributed by atoms with E-state index >= 15 is 0 Å². The molecule has 0 bridgehead atoms. The summed E-state index contributed by atoms with van der Waals surface area (Å²) in [5.74, 6) is 0.299. The first kappa shape index (κ1) is 29.1. The van der Waals surface area contributed by atoms with Crippen LogP contribution in [-0.2, 0) is 16.1 Å². The standard InChI is InChI=1S/C17H30N4O2S.3ClH/c1-5-23-14(3)16-19-15(12-24-16)11-20-6-8-21(9-7-20)17(22)13(2)10-18-4;;;/h12-14,18H,5-11H2,1-4H3;3*1H. The number of aromatic nitrogens is 1. The summed E-state index contributed by atoms with van der Waals surface area (Å²) in [4.78, 5) is 21.4. The molecule has 6 nitrogen and oxygen atoms in total. The maximum absolute atomic E-state index is 12.3. The lowest BCUT2D eigenvalue weighted by Gasteiger charge is -2.35. The quantitative estimate of drug-likeness (QED) is 0.642. The molecule has 0 radical (unpaired) electrons. The van der Waals surface area contributed by atoms with Gasteiger partial charge in [0.25, 0.3) is 0 Å². The van der Waals surface area contributed by atoms with Crippen molar-refractivity contribution >= 4 is 54.5 Å². The van der Waals surface area contributed by atoms with Crippen molar-refractivity contribution < 1.29 is 9.53 Å². The lowest BCUT2D eigenvalue weighted by Crippen LogP contribution is -2.50. The van der Waals surface area contributed by atoms with E-state index in [2.05, 4.69) is 15.6 Å². The van der Waals surface area contributed by atoms with Crippen molar-refractivity contribution in [3.05, 3.63) is 16.1 Å². The van der Waals surface area contributed by atoms with Crippen LogP contribution in [0.5, 0.6) is 0 Å². The minimum Gasteiger partial charge on any atom is -0.372 e. The number of carbonyl (C=O) groups excluding carboxylic acids is 1. The number of ether oxygens (including phenoxy) is 1. The molecule has 1 aliphatic heterocycles. The summed E-state index contributed by atoms with van der Waals surface area (Å²) in [5, 5.41) is 6.24. The normalized spacial score (nSPS) is 16.5. The van der Waals surface area contributed by atoms with Crippen molar-refractivity contribution in [2.24, 2.45) is 5.92 Å². The Morgan fingerprint density at radius 2 is 1.89 bits per heavy atom. The van der Waals surface area contributed by atoms with Gasteiger partial charge < -0.3 is 15.0 Å². The van der Waals surface area contributed by atoms with Crippen molar-refractivity contribution in [1.29, 1.82) is 0 Å². The van der Waals surface area contributed by atoms with Gasteiger partial charge in [-0.3, -0.25) is 9.69 Å². The van der Waals surface area contributed by atoms with Gasteiger partial charge in [-0.05, 0) is 20.9 Å². The number of nitrogens with zero attached hydrogens (tertiary/aromatic N) is 3. The highest BCUT2D eigenvalue weighted by Crippen LogP contribution is 2.22. The van der Waals surface area contributed by atoms with Crippen LogP contribution in [0.25, 0.3) is 0 Å². The van der Waals surface area contributed by atoms with Gasteiger partial charge in [0.1, 0.15) is 11.1 Å². The Morgan fingerprint density at radius 3 is 2.44 bits per heavy atom. The van der Waals surface area contributed by atoms with E-state index in [-0.39, 0.29) is 55.2 Å². The molecule has 1 N–H and O–H groups in total. The Kier molecular flexibility index (Phi) is 15.9. The molecule has 160 valence electrons. The van der Waals surface area contributed by atoms with E-state index in [1.54, 1.807) is 11.3 Å². The zero-order valence-corrected chi connectivity index (χ0v) is 19.7. The van der Waals surface area contributed by atoms with E-state index < -0.39 is 0 Å². The molecule has 1 aromatic rings. The zero-order valence-electron chi connectivity index (χ0n) is 16.5. The molecule has 0 saturated carbocycles. The van der Waals surface area contributed by atoms with Gasteiger partial charge in [-0.1, -0.05) is 6.92 Å². The molecule has 2 heterocycles. The molecule has 0 spiro atoms. The molecule has 2 atom stereocenters. The Labute approximate surface area is 185 Å². The summed E-state index contributed by atoms with van der Waals surface area (Å²) in [5.41, 5.74) is 1.10. The highest BCUT2D eigenvalue weighted by molar-refractivity contribution is 7.09. The van der Waals surface area contributed by atoms with Crippen LogP contribution < -0.4 is 5.32 Å². The van der Waals surface area contributed by atoms with E-state index in [0.717, 1.165) is 50.0 Å². The first-order chi connectivity index (χ1) is 11.5. The van der Waals surface area contributed by atoms with Crippen molar-refractivity contribution in [3.63, 3.8) is 0 Å². The molecule has 1 fully saturated rings. The number of nitrogens with one attached hydrogen (secondary N) is 1. The summed E-state index contributed by atoms with van der Waals surface area (Å²) in [6.07, 6.45) is 0.0666. The minimum atomic E-state index is 0. The van der Waals surface area contributed by atoms with Crippen LogP contribution in [0, 0.1) is 5.92 Å². The molecule has 10 heteroatoms. The minimum absolute atomic E-state index is 0. The summed E-state index contributed by atoms with van der Waals surface area (Å²) in [7, 11) is 1.89. The SMILES string of the molecule is CCOC(C)c1nc(CN2CCN(C(=O)C(C)CNC)CC2)cs1.Cl.Cl.Cl. The second-order valence-corrected chi connectivity index (χ2v) is 7.22. The van der Waals surface area contributed by atoms with E-state index in [4.69, 9.17) is 9.72 Å². The lowest BCUT2D eigenvalue weighted by atomic mass is 10.1. The first-order valence-electron chi connectivity index (χ1n) is 8.76. The lowest BCUT2D eigenvalue weighted by molar-refractivity contribution is -0.136. The van der Waals surface area contributed by atoms with Gasteiger partial charge in [-0.15, -0.1) is 48.6 Å². The third-order valence-electron chi connectivity index (χ3n) is 4.34. The number of hydrogen-bond acceptors (Lipinski definition) is 6. The van der Waals surface area contributed by atoms with Crippen LogP contribution in [0.4, 0.5) is 0 Å². The predicted molar refractivity (Wildman–Crippen MR) is 119 cm³/mol. The van der Waals surface area contributed by atoms with Gasteiger partial charge in [0, 0.05) is 57.2 Å². The number of carbonyl (C=O) groups is 1. The average molecular weight is 464 g/mol. The van der Waals surface area contributed by atoms with Gasteiger partial charge in [-0.2, -0.15) is 0 Å². The number of thiazole rings is 1. The molecule has 1 amide bonds. The molecule has 1 aliphatic rings. The van der Waals surface area contributed by atoms with Crippen LogP contribution in [0.3, 0.4) is 0 Å². The number of amides is 1. The highest BCUT2D eigenvalue weighted by atomic mass is 35.5. The third kappa shape index (κ3) is 8.81.